The van der Waals surface area contributed by atoms with Crippen LogP contribution in [0.1, 0.15) is 25.3 Å². The minimum Gasteiger partial charge on any atom is -0.475 e. The number of benzene rings is 1. The first-order valence-corrected chi connectivity index (χ1v) is 11.3. The Morgan fingerprint density at radius 2 is 2.16 bits per heavy atom. The molecule has 5 rings (SSSR count). The van der Waals surface area contributed by atoms with E-state index in [9.17, 15) is 4.79 Å². The lowest BCUT2D eigenvalue weighted by molar-refractivity contribution is -0.102. The first-order chi connectivity index (χ1) is 15.7. The van der Waals surface area contributed by atoms with Crippen LogP contribution in [0.4, 0.5) is 0 Å². The van der Waals surface area contributed by atoms with Crippen molar-refractivity contribution in [2.75, 3.05) is 26.4 Å². The maximum atomic E-state index is 12.6. The smallest absolute Gasteiger partial charge is 0.351 e. The van der Waals surface area contributed by atoms with Crippen molar-refractivity contribution < 1.29 is 14.2 Å². The maximum Gasteiger partial charge on any atom is 0.351 e. The Balaban J connectivity index is 1.39. The fraction of sp³-hybridized carbons (Fsp3) is 0.458. The van der Waals surface area contributed by atoms with E-state index in [1.165, 1.54) is 5.56 Å². The van der Waals surface area contributed by atoms with Gasteiger partial charge in [-0.1, -0.05) is 31.5 Å². The molecule has 1 aromatic carbocycles. The Morgan fingerprint density at radius 1 is 1.22 bits per heavy atom. The highest BCUT2D eigenvalue weighted by Crippen LogP contribution is 2.33. The van der Waals surface area contributed by atoms with E-state index in [2.05, 4.69) is 41.4 Å². The van der Waals surface area contributed by atoms with E-state index in [-0.39, 0.29) is 11.8 Å². The van der Waals surface area contributed by atoms with Gasteiger partial charge in [-0.2, -0.15) is 10.1 Å². The summed E-state index contributed by atoms with van der Waals surface area (Å²) in [5.74, 6) is 0.324. The third-order valence-electron chi connectivity index (χ3n) is 5.98. The number of nitrogens with zero attached hydrogens (tertiary/aromatic N) is 4. The normalized spacial score (nSPS) is 17.6. The molecule has 1 unspecified atom stereocenters. The van der Waals surface area contributed by atoms with E-state index in [0.29, 0.717) is 38.9 Å². The third kappa shape index (κ3) is 4.33. The predicted molar refractivity (Wildman–Crippen MR) is 120 cm³/mol. The molecule has 2 aliphatic heterocycles. The molecule has 0 saturated carbocycles. The van der Waals surface area contributed by atoms with Crippen molar-refractivity contribution in [2.24, 2.45) is 0 Å². The van der Waals surface area contributed by atoms with Crippen LogP contribution < -0.4 is 10.4 Å². The molecule has 32 heavy (non-hydrogen) atoms. The molecule has 3 aromatic rings. The maximum absolute atomic E-state index is 12.6. The molecule has 0 spiro atoms. The standard InChI is InChI=1S/C24H28N4O4/c1-2-3-7-27-14-19(13-25-27)17-4-5-21-18(11-17)6-8-28-22(21)12-23(26-24(28)29)32-16-20-15-30-9-10-31-20/h4-5,11-14,20H,2-3,6-10,15-16H2,1H3. The summed E-state index contributed by atoms with van der Waals surface area (Å²) < 4.78 is 20.5. The highest BCUT2D eigenvalue weighted by atomic mass is 16.6. The Bertz CT molecular complexity index is 1150. The molecule has 0 radical (unpaired) electrons. The molecular weight excluding hydrogens is 408 g/mol. The van der Waals surface area contributed by atoms with Crippen LogP contribution in [-0.2, 0) is 29.0 Å². The van der Waals surface area contributed by atoms with Crippen molar-refractivity contribution >= 4 is 0 Å². The average Bonchev–Trinajstić information content (AvgIpc) is 3.30. The molecule has 0 amide bonds. The minimum atomic E-state index is -0.287. The summed E-state index contributed by atoms with van der Waals surface area (Å²) in [4.78, 5) is 16.7. The monoisotopic (exact) mass is 436 g/mol. The van der Waals surface area contributed by atoms with E-state index in [1.54, 1.807) is 4.57 Å². The minimum absolute atomic E-state index is 0.141. The highest BCUT2D eigenvalue weighted by molar-refractivity contribution is 5.73. The van der Waals surface area contributed by atoms with Gasteiger partial charge in [0, 0.05) is 36.5 Å². The van der Waals surface area contributed by atoms with Crippen molar-refractivity contribution in [1.82, 2.24) is 19.3 Å². The van der Waals surface area contributed by atoms with Crippen LogP contribution >= 0.6 is 0 Å². The summed E-state index contributed by atoms with van der Waals surface area (Å²) in [5, 5.41) is 4.49. The van der Waals surface area contributed by atoms with Gasteiger partial charge in [0.2, 0.25) is 5.88 Å². The van der Waals surface area contributed by atoms with Gasteiger partial charge in [0.25, 0.3) is 0 Å². The molecule has 8 heteroatoms. The zero-order valence-electron chi connectivity index (χ0n) is 18.3. The summed E-state index contributed by atoms with van der Waals surface area (Å²) in [5.41, 5.74) is 5.06. The van der Waals surface area contributed by atoms with Crippen LogP contribution in [0.3, 0.4) is 0 Å². The van der Waals surface area contributed by atoms with Crippen molar-refractivity contribution in [3.63, 3.8) is 0 Å². The van der Waals surface area contributed by atoms with Crippen LogP contribution in [0.5, 0.6) is 5.88 Å². The number of unbranched alkanes of at least 4 members (excludes halogenated alkanes) is 1. The van der Waals surface area contributed by atoms with Gasteiger partial charge in [0.15, 0.2) is 0 Å². The number of aromatic nitrogens is 4. The Kier molecular flexibility index (Phi) is 6.05. The van der Waals surface area contributed by atoms with Gasteiger partial charge < -0.3 is 14.2 Å². The Morgan fingerprint density at radius 3 is 3.00 bits per heavy atom. The number of hydrogen-bond donors (Lipinski definition) is 0. The molecule has 1 saturated heterocycles. The number of rotatable bonds is 7. The van der Waals surface area contributed by atoms with E-state index in [1.807, 2.05) is 16.9 Å². The average molecular weight is 437 g/mol. The van der Waals surface area contributed by atoms with E-state index in [4.69, 9.17) is 14.2 Å². The predicted octanol–water partition coefficient (Wildman–Crippen LogP) is 2.92. The van der Waals surface area contributed by atoms with Gasteiger partial charge >= 0.3 is 5.69 Å². The fourth-order valence-corrected chi connectivity index (χ4v) is 4.23. The third-order valence-corrected chi connectivity index (χ3v) is 5.98. The molecule has 2 aromatic heterocycles. The lowest BCUT2D eigenvalue weighted by Gasteiger charge is -2.24. The van der Waals surface area contributed by atoms with Gasteiger partial charge in [0.1, 0.15) is 12.7 Å². The molecule has 2 aliphatic rings. The van der Waals surface area contributed by atoms with Crippen molar-refractivity contribution in [2.45, 2.75) is 45.4 Å². The second-order valence-corrected chi connectivity index (χ2v) is 8.26. The summed E-state index contributed by atoms with van der Waals surface area (Å²) in [6.45, 7) is 5.68. The second kappa shape index (κ2) is 9.26. The van der Waals surface area contributed by atoms with Crippen molar-refractivity contribution in [3.8, 4) is 28.3 Å². The molecule has 168 valence electrons. The molecule has 4 heterocycles. The summed E-state index contributed by atoms with van der Waals surface area (Å²) in [6, 6.07) is 8.23. The fourth-order valence-electron chi connectivity index (χ4n) is 4.23. The Labute approximate surface area is 186 Å². The second-order valence-electron chi connectivity index (χ2n) is 8.26. The lowest BCUT2D eigenvalue weighted by atomic mass is 9.94. The number of ether oxygens (including phenoxy) is 3. The van der Waals surface area contributed by atoms with Crippen LogP contribution in [0.2, 0.25) is 0 Å². The number of fused-ring (bicyclic) bond motifs is 3. The number of hydrogen-bond acceptors (Lipinski definition) is 6. The summed E-state index contributed by atoms with van der Waals surface area (Å²) in [6.07, 6.45) is 6.94. The van der Waals surface area contributed by atoms with Crippen molar-refractivity contribution in [3.05, 3.63) is 52.7 Å². The zero-order valence-corrected chi connectivity index (χ0v) is 18.3. The van der Waals surface area contributed by atoms with Gasteiger partial charge in [-0.3, -0.25) is 9.25 Å². The van der Waals surface area contributed by atoms with Gasteiger partial charge in [-0.15, -0.1) is 0 Å². The molecule has 1 fully saturated rings. The molecule has 1 atom stereocenters. The quantitative estimate of drug-likeness (QED) is 0.567. The molecule has 0 aliphatic carbocycles. The zero-order chi connectivity index (χ0) is 21.9. The molecular formula is C24H28N4O4. The lowest BCUT2D eigenvalue weighted by Crippen LogP contribution is -2.34. The number of aryl methyl sites for hydroxylation is 2. The SMILES string of the molecule is CCCCn1cc(-c2ccc3c(c2)CCn2c-3cc(OCC3COCCO3)nc2=O)cn1. The Hall–Kier alpha value is -2.97. The summed E-state index contributed by atoms with van der Waals surface area (Å²) >= 11 is 0. The van der Waals surface area contributed by atoms with Crippen LogP contribution in [0.15, 0.2) is 41.5 Å². The van der Waals surface area contributed by atoms with E-state index < -0.39 is 0 Å². The first-order valence-electron chi connectivity index (χ1n) is 11.3. The van der Waals surface area contributed by atoms with Crippen LogP contribution in [-0.4, -0.2) is 51.9 Å². The van der Waals surface area contributed by atoms with Crippen LogP contribution in [0.25, 0.3) is 22.4 Å². The van der Waals surface area contributed by atoms with Gasteiger partial charge in [-0.05, 0) is 24.0 Å². The largest absolute Gasteiger partial charge is 0.475 e. The van der Waals surface area contributed by atoms with Gasteiger partial charge in [0.05, 0.1) is 31.7 Å². The summed E-state index contributed by atoms with van der Waals surface area (Å²) in [7, 11) is 0. The molecule has 0 bridgehead atoms. The van der Waals surface area contributed by atoms with E-state index in [0.717, 1.165) is 48.2 Å². The van der Waals surface area contributed by atoms with Gasteiger partial charge in [-0.25, -0.2) is 4.79 Å². The highest BCUT2D eigenvalue weighted by Gasteiger charge is 2.21. The van der Waals surface area contributed by atoms with Crippen LogP contribution in [0, 0.1) is 0 Å². The molecule has 8 nitrogen and oxygen atoms in total. The van der Waals surface area contributed by atoms with E-state index >= 15 is 0 Å². The first kappa shape index (κ1) is 20.9. The van der Waals surface area contributed by atoms with Crippen molar-refractivity contribution in [1.29, 1.82) is 0 Å². The topological polar surface area (TPSA) is 80.4 Å². The molecule has 0 N–H and O–H groups in total.